The van der Waals surface area contributed by atoms with E-state index in [-0.39, 0.29) is 5.91 Å². The molecule has 0 fully saturated rings. The minimum absolute atomic E-state index is 0.120. The van der Waals surface area contributed by atoms with Crippen molar-refractivity contribution >= 4 is 17.7 Å². The molecule has 0 aliphatic rings. The lowest BCUT2D eigenvalue weighted by Gasteiger charge is -2.16. The Kier molecular flexibility index (Phi) is 8.38. The minimum Gasteiger partial charge on any atom is -0.355 e. The van der Waals surface area contributed by atoms with Gasteiger partial charge in [-0.05, 0) is 36.9 Å². The van der Waals surface area contributed by atoms with Gasteiger partial charge >= 0.3 is 0 Å². The van der Waals surface area contributed by atoms with Gasteiger partial charge in [0.05, 0.1) is 0 Å². The van der Waals surface area contributed by atoms with Crippen molar-refractivity contribution in [3.05, 3.63) is 30.3 Å². The Morgan fingerprint density at radius 2 is 2.00 bits per heavy atom. The van der Waals surface area contributed by atoms with Crippen molar-refractivity contribution in [3.8, 4) is 0 Å². The normalized spacial score (nSPS) is 12.4. The van der Waals surface area contributed by atoms with E-state index < -0.39 is 0 Å². The summed E-state index contributed by atoms with van der Waals surface area (Å²) in [6, 6.07) is 10.2. The molecule has 3 nitrogen and oxygen atoms in total. The topological polar surface area (TPSA) is 55.1 Å². The Balaban J connectivity index is 2.16. The van der Waals surface area contributed by atoms with Crippen LogP contribution in [0.1, 0.15) is 26.7 Å². The highest BCUT2D eigenvalue weighted by molar-refractivity contribution is 7.99. The van der Waals surface area contributed by atoms with Crippen molar-refractivity contribution in [2.45, 2.75) is 31.6 Å². The number of hydrogen-bond acceptors (Lipinski definition) is 3. The molecule has 4 heteroatoms. The van der Waals surface area contributed by atoms with Crippen LogP contribution in [0, 0.1) is 11.8 Å². The summed E-state index contributed by atoms with van der Waals surface area (Å²) in [5.41, 5.74) is 5.72. The predicted octanol–water partition coefficient (Wildman–Crippen LogP) is 2.91. The first-order chi connectivity index (χ1) is 9.61. The van der Waals surface area contributed by atoms with Crippen LogP contribution in [0.5, 0.6) is 0 Å². The van der Waals surface area contributed by atoms with Gasteiger partial charge in [-0.2, -0.15) is 0 Å². The van der Waals surface area contributed by atoms with Crippen LogP contribution in [-0.2, 0) is 4.79 Å². The summed E-state index contributed by atoms with van der Waals surface area (Å²) in [6.45, 7) is 5.62. The lowest BCUT2D eigenvalue weighted by atomic mass is 9.94. The third-order valence-electron chi connectivity index (χ3n) is 3.05. The molecule has 0 aliphatic heterocycles. The molecule has 1 unspecified atom stereocenters. The second-order valence-corrected chi connectivity index (χ2v) is 6.62. The molecule has 0 aliphatic carbocycles. The van der Waals surface area contributed by atoms with Gasteiger partial charge in [-0.3, -0.25) is 4.79 Å². The molecule has 112 valence electrons. The molecular formula is C16H26N2OS. The summed E-state index contributed by atoms with van der Waals surface area (Å²) in [7, 11) is 0. The number of benzene rings is 1. The van der Waals surface area contributed by atoms with Crippen LogP contribution in [0.2, 0.25) is 0 Å². The second-order valence-electron chi connectivity index (χ2n) is 5.45. The standard InChI is InChI=1S/C16H26N2OS/c1-13(2)10-14(12-17)11-16(19)18-8-9-20-15-6-4-3-5-7-15/h3-7,13-14H,8-12,17H2,1-2H3,(H,18,19). The quantitative estimate of drug-likeness (QED) is 0.544. The zero-order valence-corrected chi connectivity index (χ0v) is 13.3. The van der Waals surface area contributed by atoms with Gasteiger partial charge in [-0.15, -0.1) is 11.8 Å². The molecule has 1 atom stereocenters. The Hall–Kier alpha value is -1.00. The lowest BCUT2D eigenvalue weighted by molar-refractivity contribution is -0.121. The number of thioether (sulfide) groups is 1. The van der Waals surface area contributed by atoms with Gasteiger partial charge in [0, 0.05) is 23.6 Å². The van der Waals surface area contributed by atoms with E-state index in [0.29, 0.717) is 31.3 Å². The molecule has 0 saturated carbocycles. The monoisotopic (exact) mass is 294 g/mol. The SMILES string of the molecule is CC(C)CC(CN)CC(=O)NCCSc1ccccc1. The van der Waals surface area contributed by atoms with Crippen molar-refractivity contribution in [2.75, 3.05) is 18.8 Å². The molecule has 3 N–H and O–H groups in total. The minimum atomic E-state index is 0.120. The molecule has 0 spiro atoms. The third kappa shape index (κ3) is 7.56. The smallest absolute Gasteiger partial charge is 0.220 e. The van der Waals surface area contributed by atoms with Crippen LogP contribution in [0.25, 0.3) is 0 Å². The molecule has 20 heavy (non-hydrogen) atoms. The van der Waals surface area contributed by atoms with Crippen LogP contribution < -0.4 is 11.1 Å². The summed E-state index contributed by atoms with van der Waals surface area (Å²) >= 11 is 1.76. The molecule has 0 saturated heterocycles. The molecular weight excluding hydrogens is 268 g/mol. The van der Waals surface area contributed by atoms with Crippen molar-refractivity contribution in [1.82, 2.24) is 5.32 Å². The first kappa shape index (κ1) is 17.1. The number of amides is 1. The first-order valence-electron chi connectivity index (χ1n) is 7.26. The Labute approximate surface area is 126 Å². The van der Waals surface area contributed by atoms with Gasteiger partial charge in [0.2, 0.25) is 5.91 Å². The maximum absolute atomic E-state index is 11.8. The van der Waals surface area contributed by atoms with Gasteiger partial charge in [0.15, 0.2) is 0 Å². The molecule has 1 aromatic rings. The van der Waals surface area contributed by atoms with Crippen LogP contribution in [-0.4, -0.2) is 24.7 Å². The zero-order chi connectivity index (χ0) is 14.8. The zero-order valence-electron chi connectivity index (χ0n) is 12.5. The number of carbonyl (C=O) groups is 1. The Morgan fingerprint density at radius 1 is 1.30 bits per heavy atom. The third-order valence-corrected chi connectivity index (χ3v) is 4.06. The van der Waals surface area contributed by atoms with E-state index in [4.69, 9.17) is 5.73 Å². The van der Waals surface area contributed by atoms with Crippen molar-refractivity contribution in [3.63, 3.8) is 0 Å². The molecule has 0 bridgehead atoms. The summed E-state index contributed by atoms with van der Waals surface area (Å²) in [6.07, 6.45) is 1.56. The predicted molar refractivity (Wildman–Crippen MR) is 86.8 cm³/mol. The van der Waals surface area contributed by atoms with Crippen LogP contribution in [0.15, 0.2) is 35.2 Å². The molecule has 1 amide bonds. The molecule has 0 aromatic heterocycles. The second kappa shape index (κ2) is 9.83. The van der Waals surface area contributed by atoms with E-state index in [1.54, 1.807) is 11.8 Å². The van der Waals surface area contributed by atoms with Gasteiger partial charge < -0.3 is 11.1 Å². The fourth-order valence-electron chi connectivity index (χ4n) is 2.14. The lowest BCUT2D eigenvalue weighted by Crippen LogP contribution is -2.30. The summed E-state index contributed by atoms with van der Waals surface area (Å²) in [4.78, 5) is 13.1. The highest BCUT2D eigenvalue weighted by atomic mass is 32.2. The van der Waals surface area contributed by atoms with Crippen LogP contribution in [0.3, 0.4) is 0 Å². The number of carbonyl (C=O) groups excluding carboxylic acids is 1. The van der Waals surface area contributed by atoms with E-state index in [1.165, 1.54) is 4.90 Å². The van der Waals surface area contributed by atoms with Crippen molar-refractivity contribution in [2.24, 2.45) is 17.6 Å². The van der Waals surface area contributed by atoms with Crippen LogP contribution in [0.4, 0.5) is 0 Å². The fourth-order valence-corrected chi connectivity index (χ4v) is 2.93. The van der Waals surface area contributed by atoms with Crippen LogP contribution >= 0.6 is 11.8 Å². The highest BCUT2D eigenvalue weighted by Gasteiger charge is 2.13. The van der Waals surface area contributed by atoms with Gasteiger partial charge in [-0.25, -0.2) is 0 Å². The molecule has 0 heterocycles. The average molecular weight is 294 g/mol. The number of nitrogens with two attached hydrogens (primary N) is 1. The fraction of sp³-hybridized carbons (Fsp3) is 0.562. The van der Waals surface area contributed by atoms with Crippen molar-refractivity contribution in [1.29, 1.82) is 0 Å². The molecule has 1 rings (SSSR count). The Morgan fingerprint density at radius 3 is 2.60 bits per heavy atom. The molecule has 1 aromatic carbocycles. The van der Waals surface area contributed by atoms with Gasteiger partial charge in [0.1, 0.15) is 0 Å². The Bertz CT molecular complexity index is 381. The maximum atomic E-state index is 11.8. The largest absolute Gasteiger partial charge is 0.355 e. The number of nitrogens with one attached hydrogen (secondary N) is 1. The number of rotatable bonds is 9. The van der Waals surface area contributed by atoms with E-state index in [0.717, 1.165) is 12.2 Å². The maximum Gasteiger partial charge on any atom is 0.220 e. The highest BCUT2D eigenvalue weighted by Crippen LogP contribution is 2.16. The summed E-state index contributed by atoms with van der Waals surface area (Å²) in [5, 5.41) is 2.98. The van der Waals surface area contributed by atoms with E-state index in [2.05, 4.69) is 31.3 Å². The summed E-state index contributed by atoms with van der Waals surface area (Å²) < 4.78 is 0. The van der Waals surface area contributed by atoms with E-state index in [9.17, 15) is 4.79 Å². The van der Waals surface area contributed by atoms with Gasteiger partial charge in [0.25, 0.3) is 0 Å². The first-order valence-corrected chi connectivity index (χ1v) is 8.25. The van der Waals surface area contributed by atoms with Gasteiger partial charge in [-0.1, -0.05) is 32.0 Å². The summed E-state index contributed by atoms with van der Waals surface area (Å²) in [5.74, 6) is 1.91. The molecule has 0 radical (unpaired) electrons. The number of hydrogen-bond donors (Lipinski definition) is 2. The van der Waals surface area contributed by atoms with E-state index >= 15 is 0 Å². The average Bonchev–Trinajstić information content (AvgIpc) is 2.43. The van der Waals surface area contributed by atoms with Crippen molar-refractivity contribution < 1.29 is 4.79 Å². The van der Waals surface area contributed by atoms with E-state index in [1.807, 2.05) is 18.2 Å².